The topological polar surface area (TPSA) is 142 Å². The third-order valence-electron chi connectivity index (χ3n) is 10.9. The van der Waals surface area contributed by atoms with Gasteiger partial charge in [0.05, 0.1) is 50.7 Å². The number of morpholine rings is 2. The summed E-state index contributed by atoms with van der Waals surface area (Å²) in [4.78, 5) is 33.7. The number of nitrogens with one attached hydrogen (secondary N) is 1. The molecule has 2 fully saturated rings. The third-order valence-corrected chi connectivity index (χ3v) is 10.9. The van der Waals surface area contributed by atoms with Gasteiger partial charge in [-0.1, -0.05) is 48.5 Å². The minimum Gasteiger partial charge on any atom is -0.492 e. The minimum atomic E-state index is -1.07. The van der Waals surface area contributed by atoms with Gasteiger partial charge in [-0.15, -0.1) is 0 Å². The third kappa shape index (κ3) is 13.1. The van der Waals surface area contributed by atoms with Crippen molar-refractivity contribution >= 4 is 12.0 Å². The molecule has 0 radical (unpaired) electrons. The number of nitrogens with zero attached hydrogens (tertiary/aromatic N) is 3. The number of fused-ring (bicyclic) bond motifs is 1. The van der Waals surface area contributed by atoms with Gasteiger partial charge in [-0.3, -0.25) is 14.6 Å². The lowest BCUT2D eigenvalue weighted by Gasteiger charge is -2.33. The van der Waals surface area contributed by atoms with Crippen molar-refractivity contribution in [3.8, 4) is 11.5 Å². The van der Waals surface area contributed by atoms with Crippen molar-refractivity contribution in [1.29, 1.82) is 0 Å². The molecule has 58 heavy (non-hydrogen) atoms. The minimum absolute atomic E-state index is 0.00227. The van der Waals surface area contributed by atoms with Crippen LogP contribution in [-0.4, -0.2) is 140 Å². The Balaban J connectivity index is 1.10. The highest BCUT2D eigenvalue weighted by molar-refractivity contribution is 5.77. The molecule has 6 rings (SSSR count). The van der Waals surface area contributed by atoms with Crippen LogP contribution >= 0.6 is 0 Å². The van der Waals surface area contributed by atoms with E-state index in [-0.39, 0.29) is 25.3 Å². The van der Waals surface area contributed by atoms with Crippen LogP contribution in [0.4, 0.5) is 4.79 Å². The molecular weight excluding hydrogens is 741 g/mol. The van der Waals surface area contributed by atoms with Crippen LogP contribution in [0.15, 0.2) is 72.8 Å². The molecule has 3 aromatic carbocycles. The first-order valence-corrected chi connectivity index (χ1v) is 20.8. The van der Waals surface area contributed by atoms with Crippen LogP contribution in [0.3, 0.4) is 0 Å². The van der Waals surface area contributed by atoms with Gasteiger partial charge in [0, 0.05) is 58.7 Å². The van der Waals surface area contributed by atoms with Gasteiger partial charge in [0.1, 0.15) is 30.3 Å². The summed E-state index contributed by atoms with van der Waals surface area (Å²) in [5.41, 5.74) is 2.97. The highest BCUT2D eigenvalue weighted by Crippen LogP contribution is 2.37. The summed E-state index contributed by atoms with van der Waals surface area (Å²) in [6.07, 6.45) is -1.66. The van der Waals surface area contributed by atoms with Gasteiger partial charge in [-0.05, 0) is 80.1 Å². The average molecular weight is 803 g/mol. The first-order valence-electron chi connectivity index (χ1n) is 20.8. The van der Waals surface area contributed by atoms with Gasteiger partial charge < -0.3 is 44.1 Å². The number of benzene rings is 3. The number of hydrogen-bond acceptors (Lipinski definition) is 11. The molecule has 2 heterocycles. The maximum atomic E-state index is 14.3. The van der Waals surface area contributed by atoms with Crippen LogP contribution in [0.5, 0.6) is 11.5 Å². The van der Waals surface area contributed by atoms with Crippen LogP contribution in [0, 0.1) is 0 Å². The maximum Gasteiger partial charge on any atom is 0.407 e. The van der Waals surface area contributed by atoms with Gasteiger partial charge >= 0.3 is 6.09 Å². The summed E-state index contributed by atoms with van der Waals surface area (Å²) >= 11 is 0. The molecule has 0 aromatic heterocycles. The number of ether oxygens (including phenoxy) is 5. The van der Waals surface area contributed by atoms with Crippen molar-refractivity contribution < 1.29 is 43.5 Å². The first-order chi connectivity index (χ1) is 28.0. The number of rotatable bonds is 18. The van der Waals surface area contributed by atoms with E-state index in [2.05, 4.69) is 15.1 Å². The van der Waals surface area contributed by atoms with Crippen molar-refractivity contribution in [3.63, 3.8) is 0 Å². The fourth-order valence-electron chi connectivity index (χ4n) is 7.73. The number of alkyl carbamates (subject to hydrolysis) is 1. The largest absolute Gasteiger partial charge is 0.492 e. The lowest BCUT2D eigenvalue weighted by atomic mass is 9.97. The second kappa shape index (κ2) is 21.1. The smallest absolute Gasteiger partial charge is 0.407 e. The van der Waals surface area contributed by atoms with Crippen LogP contribution < -0.4 is 14.8 Å². The molecule has 2 amide bonds. The van der Waals surface area contributed by atoms with Gasteiger partial charge in [0.25, 0.3) is 0 Å². The van der Waals surface area contributed by atoms with E-state index in [0.29, 0.717) is 26.1 Å². The molecule has 13 heteroatoms. The molecule has 4 atom stereocenters. The number of amides is 2. The quantitative estimate of drug-likeness (QED) is 0.169. The van der Waals surface area contributed by atoms with Gasteiger partial charge in [0.15, 0.2) is 0 Å². The monoisotopic (exact) mass is 802 g/mol. The second-order valence-corrected chi connectivity index (χ2v) is 16.4. The zero-order valence-electron chi connectivity index (χ0n) is 34.4. The van der Waals surface area contributed by atoms with E-state index in [9.17, 15) is 19.8 Å². The average Bonchev–Trinajstić information content (AvgIpc) is 3.55. The van der Waals surface area contributed by atoms with E-state index >= 15 is 0 Å². The maximum absolute atomic E-state index is 14.3. The highest BCUT2D eigenvalue weighted by Gasteiger charge is 2.38. The number of aliphatic hydroxyl groups is 2. The Morgan fingerprint density at radius 2 is 1.38 bits per heavy atom. The van der Waals surface area contributed by atoms with Crippen molar-refractivity contribution in [2.24, 2.45) is 0 Å². The van der Waals surface area contributed by atoms with Crippen LogP contribution in [0.2, 0.25) is 0 Å². The molecule has 3 aliphatic rings. The fourth-order valence-corrected chi connectivity index (χ4v) is 7.73. The van der Waals surface area contributed by atoms with Gasteiger partial charge in [-0.25, -0.2) is 4.79 Å². The number of carbonyl (C=O) groups is 2. The van der Waals surface area contributed by atoms with E-state index in [1.807, 2.05) is 72.8 Å². The molecule has 0 bridgehead atoms. The Kier molecular flexibility index (Phi) is 15.8. The standard InChI is InChI=1S/C45H62N4O9/c1-45(2,3)58-44(53)46-39(30-33-8-12-36(13-9-33)56-28-22-47-18-24-54-25-19-47)40(50)16-17-42(52)49(43-38-7-5-4-6-35(38)31-41(43)51)32-34-10-14-37(15-11-34)57-29-23-48-20-26-55-27-21-48/h4-15,39-41,43,50-51H,16-32H2,1-3H3,(H,46,53)/t39-,40-,41+,43-/m0/s1. The summed E-state index contributed by atoms with van der Waals surface area (Å²) in [5, 5.41) is 25.9. The lowest BCUT2D eigenvalue weighted by molar-refractivity contribution is -0.137. The second-order valence-electron chi connectivity index (χ2n) is 16.4. The summed E-state index contributed by atoms with van der Waals surface area (Å²) in [6, 6.07) is 21.9. The Bertz CT molecular complexity index is 1720. The van der Waals surface area contributed by atoms with Crippen LogP contribution in [-0.2, 0) is 38.4 Å². The number of carbonyl (C=O) groups excluding carboxylic acids is 2. The Morgan fingerprint density at radius 1 is 0.828 bits per heavy atom. The summed E-state index contributed by atoms with van der Waals surface area (Å²) in [5.74, 6) is 1.28. The van der Waals surface area contributed by atoms with Crippen LogP contribution in [0.25, 0.3) is 0 Å². The molecule has 2 aliphatic heterocycles. The van der Waals surface area contributed by atoms with Crippen LogP contribution in [0.1, 0.15) is 61.9 Å². The summed E-state index contributed by atoms with van der Waals surface area (Å²) in [6.45, 7) is 15.0. The van der Waals surface area contributed by atoms with Gasteiger partial charge in [0.2, 0.25) is 5.91 Å². The van der Waals surface area contributed by atoms with Gasteiger partial charge in [-0.2, -0.15) is 0 Å². The Labute approximate surface area is 343 Å². The predicted octanol–water partition coefficient (Wildman–Crippen LogP) is 4.37. The zero-order chi connectivity index (χ0) is 40.9. The van der Waals surface area contributed by atoms with Crippen molar-refractivity contribution in [3.05, 3.63) is 95.1 Å². The molecule has 1 aliphatic carbocycles. The van der Waals surface area contributed by atoms with E-state index < -0.39 is 36.0 Å². The summed E-state index contributed by atoms with van der Waals surface area (Å²) < 4.78 is 28.4. The predicted molar refractivity (Wildman–Crippen MR) is 220 cm³/mol. The van der Waals surface area contributed by atoms with Crippen molar-refractivity contribution in [2.45, 2.75) is 82.9 Å². The first kappa shape index (κ1) is 43.3. The molecule has 0 spiro atoms. The fraction of sp³-hybridized carbons (Fsp3) is 0.556. The molecule has 3 N–H and O–H groups in total. The van der Waals surface area contributed by atoms with Crippen molar-refractivity contribution in [2.75, 3.05) is 78.9 Å². The molecule has 0 saturated carbocycles. The van der Waals surface area contributed by atoms with E-state index in [1.54, 1.807) is 25.7 Å². The summed E-state index contributed by atoms with van der Waals surface area (Å²) in [7, 11) is 0. The molecule has 3 aromatic rings. The molecular formula is C45H62N4O9. The Morgan fingerprint density at radius 3 is 1.95 bits per heavy atom. The number of hydrogen-bond donors (Lipinski definition) is 3. The van der Waals surface area contributed by atoms with Crippen molar-refractivity contribution in [1.82, 2.24) is 20.0 Å². The number of aliphatic hydroxyl groups excluding tert-OH is 2. The zero-order valence-corrected chi connectivity index (χ0v) is 34.4. The lowest BCUT2D eigenvalue weighted by Crippen LogP contribution is -2.47. The Hall–Kier alpha value is -4.24. The van der Waals surface area contributed by atoms with E-state index in [0.717, 1.165) is 99.4 Å². The normalized spacial score (nSPS) is 19.8. The SMILES string of the molecule is CC(C)(C)OC(=O)N[C@@H](Cc1ccc(OCCN2CCOCC2)cc1)[C@@H](O)CCC(=O)N(Cc1ccc(OCCN2CCOCC2)cc1)[C@H]1c2ccccc2C[C@H]1O. The molecule has 0 unspecified atom stereocenters. The van der Waals surface area contributed by atoms with E-state index in [1.165, 1.54) is 0 Å². The highest BCUT2D eigenvalue weighted by atomic mass is 16.6. The molecule has 2 saturated heterocycles. The van der Waals surface area contributed by atoms with E-state index in [4.69, 9.17) is 23.7 Å². The molecule has 13 nitrogen and oxygen atoms in total. The molecule has 316 valence electrons.